The van der Waals surface area contributed by atoms with Crippen molar-refractivity contribution in [2.24, 2.45) is 5.92 Å². The van der Waals surface area contributed by atoms with Gasteiger partial charge in [-0.25, -0.2) is 13.8 Å². The quantitative estimate of drug-likeness (QED) is 0.591. The zero-order chi connectivity index (χ0) is 20.5. The molecule has 1 unspecified atom stereocenters. The Morgan fingerprint density at radius 1 is 1.31 bits per heavy atom. The minimum absolute atomic E-state index is 0.259. The number of anilines is 1. The Morgan fingerprint density at radius 3 is 2.72 bits per heavy atom. The lowest BCUT2D eigenvalue weighted by Crippen LogP contribution is -2.16. The van der Waals surface area contributed by atoms with Crippen molar-refractivity contribution in [1.29, 1.82) is 0 Å². The van der Waals surface area contributed by atoms with Crippen LogP contribution in [-0.4, -0.2) is 25.5 Å². The molecule has 6 nitrogen and oxygen atoms in total. The third-order valence-electron chi connectivity index (χ3n) is 5.13. The second kappa shape index (κ2) is 7.83. The molecule has 1 aliphatic carbocycles. The lowest BCUT2D eigenvalue weighted by molar-refractivity contribution is -0.111. The van der Waals surface area contributed by atoms with E-state index in [1.54, 1.807) is 37.4 Å². The van der Waals surface area contributed by atoms with Crippen LogP contribution in [0.2, 0.25) is 5.15 Å². The predicted molar refractivity (Wildman–Crippen MR) is 111 cm³/mol. The molecule has 0 bridgehead atoms. The number of nitrogens with one attached hydrogen (secondary N) is 1. The molecule has 3 aromatic rings. The van der Waals surface area contributed by atoms with Gasteiger partial charge in [-0.15, -0.1) is 0 Å². The van der Waals surface area contributed by atoms with Crippen molar-refractivity contribution in [3.63, 3.8) is 0 Å². The molecule has 150 valence electrons. The fourth-order valence-corrected chi connectivity index (χ4v) is 3.63. The SMILES string of the molecule is Cc1nn(-c2ccc(F)cc2)c(Cl)c1/C=C/C(=O)Nc1ccnn1C(C)C1CC1. The molecule has 4 rings (SSSR count). The number of carbonyl (C=O) groups is 1. The van der Waals surface area contributed by atoms with E-state index in [1.165, 1.54) is 35.7 Å². The Bertz CT molecular complexity index is 1070. The Kier molecular flexibility index (Phi) is 5.24. The summed E-state index contributed by atoms with van der Waals surface area (Å²) < 4.78 is 16.5. The van der Waals surface area contributed by atoms with E-state index in [9.17, 15) is 9.18 Å². The summed E-state index contributed by atoms with van der Waals surface area (Å²) in [6.07, 6.45) is 7.13. The van der Waals surface area contributed by atoms with Gasteiger partial charge in [-0.3, -0.25) is 4.79 Å². The van der Waals surface area contributed by atoms with E-state index in [4.69, 9.17) is 11.6 Å². The maximum Gasteiger partial charge on any atom is 0.249 e. The highest BCUT2D eigenvalue weighted by Gasteiger charge is 2.30. The molecule has 29 heavy (non-hydrogen) atoms. The summed E-state index contributed by atoms with van der Waals surface area (Å²) in [7, 11) is 0. The van der Waals surface area contributed by atoms with Crippen molar-refractivity contribution in [3.05, 3.63) is 64.8 Å². The third kappa shape index (κ3) is 4.10. The smallest absolute Gasteiger partial charge is 0.249 e. The first-order chi connectivity index (χ1) is 13.9. The summed E-state index contributed by atoms with van der Waals surface area (Å²) in [5.74, 6) is 0.684. The van der Waals surface area contributed by atoms with E-state index < -0.39 is 0 Å². The van der Waals surface area contributed by atoms with E-state index in [1.807, 2.05) is 4.68 Å². The number of rotatable bonds is 6. The number of amides is 1. The van der Waals surface area contributed by atoms with Crippen molar-refractivity contribution in [3.8, 4) is 5.69 Å². The first kappa shape index (κ1) is 19.4. The van der Waals surface area contributed by atoms with Crippen LogP contribution in [0.3, 0.4) is 0 Å². The normalized spacial score (nSPS) is 15.0. The largest absolute Gasteiger partial charge is 0.307 e. The van der Waals surface area contributed by atoms with Crippen LogP contribution in [0, 0.1) is 18.7 Å². The molecular weight excluding hydrogens is 393 g/mol. The van der Waals surface area contributed by atoms with Crippen LogP contribution in [-0.2, 0) is 4.79 Å². The highest BCUT2D eigenvalue weighted by atomic mass is 35.5. The van der Waals surface area contributed by atoms with Gasteiger partial charge in [0.15, 0.2) is 0 Å². The number of benzene rings is 1. The second-order valence-electron chi connectivity index (χ2n) is 7.24. The van der Waals surface area contributed by atoms with Crippen LogP contribution in [0.15, 0.2) is 42.6 Å². The first-order valence-corrected chi connectivity index (χ1v) is 9.85. The third-order valence-corrected chi connectivity index (χ3v) is 5.50. The van der Waals surface area contributed by atoms with Gasteiger partial charge in [-0.05, 0) is 62.9 Å². The topological polar surface area (TPSA) is 64.7 Å². The van der Waals surface area contributed by atoms with Gasteiger partial charge in [0, 0.05) is 17.7 Å². The standard InChI is InChI=1S/C21H21ClFN5O/c1-13-18(21(22)28(26-13)17-7-5-16(23)6-8-17)9-10-20(29)25-19-11-12-24-27(19)14(2)15-3-4-15/h5-12,14-15H,3-4H2,1-2H3,(H,25,29)/b10-9+. The molecule has 0 spiro atoms. The summed E-state index contributed by atoms with van der Waals surface area (Å²) in [6.45, 7) is 3.92. The van der Waals surface area contributed by atoms with Gasteiger partial charge in [0.1, 0.15) is 16.8 Å². The molecule has 1 atom stereocenters. The highest BCUT2D eigenvalue weighted by molar-refractivity contribution is 6.31. The molecule has 1 saturated carbocycles. The van der Waals surface area contributed by atoms with Crippen molar-refractivity contribution in [1.82, 2.24) is 19.6 Å². The number of hydrogen-bond donors (Lipinski definition) is 1. The first-order valence-electron chi connectivity index (χ1n) is 9.47. The Balaban J connectivity index is 1.50. The zero-order valence-corrected chi connectivity index (χ0v) is 16.9. The maximum absolute atomic E-state index is 13.2. The van der Waals surface area contributed by atoms with Crippen LogP contribution >= 0.6 is 11.6 Å². The number of halogens is 2. The number of hydrogen-bond acceptors (Lipinski definition) is 3. The number of nitrogens with zero attached hydrogens (tertiary/aromatic N) is 4. The van der Waals surface area contributed by atoms with Gasteiger partial charge < -0.3 is 5.32 Å². The number of aryl methyl sites for hydroxylation is 1. The van der Waals surface area contributed by atoms with Crippen LogP contribution in [0.4, 0.5) is 10.2 Å². The maximum atomic E-state index is 13.2. The summed E-state index contributed by atoms with van der Waals surface area (Å²) >= 11 is 6.45. The average Bonchev–Trinajstić information content (AvgIpc) is 3.39. The molecule has 2 heterocycles. The van der Waals surface area contributed by atoms with Crippen molar-refractivity contribution >= 4 is 29.4 Å². The van der Waals surface area contributed by atoms with Gasteiger partial charge in [-0.2, -0.15) is 10.2 Å². The summed E-state index contributed by atoms with van der Waals surface area (Å²) in [5.41, 5.74) is 1.93. The second-order valence-corrected chi connectivity index (χ2v) is 7.60. The van der Waals surface area contributed by atoms with Crippen LogP contribution < -0.4 is 5.32 Å². The lowest BCUT2D eigenvalue weighted by atomic mass is 10.2. The number of aromatic nitrogens is 4. The highest BCUT2D eigenvalue weighted by Crippen LogP contribution is 2.40. The van der Waals surface area contributed by atoms with Crippen LogP contribution in [0.25, 0.3) is 11.8 Å². The van der Waals surface area contributed by atoms with Crippen LogP contribution in [0.1, 0.15) is 37.1 Å². The Morgan fingerprint density at radius 2 is 2.03 bits per heavy atom. The van der Waals surface area contributed by atoms with Crippen molar-refractivity contribution in [2.45, 2.75) is 32.7 Å². The summed E-state index contributed by atoms with van der Waals surface area (Å²) in [6, 6.07) is 7.92. The van der Waals surface area contributed by atoms with E-state index >= 15 is 0 Å². The summed E-state index contributed by atoms with van der Waals surface area (Å²) in [4.78, 5) is 12.4. The van der Waals surface area contributed by atoms with Gasteiger partial charge >= 0.3 is 0 Å². The molecule has 1 N–H and O–H groups in total. The molecule has 0 saturated heterocycles. The van der Waals surface area contributed by atoms with E-state index in [2.05, 4.69) is 22.4 Å². The Hall–Kier alpha value is -2.93. The monoisotopic (exact) mass is 413 g/mol. The summed E-state index contributed by atoms with van der Waals surface area (Å²) in [5, 5.41) is 12.0. The molecule has 1 aliphatic rings. The van der Waals surface area contributed by atoms with E-state index in [-0.39, 0.29) is 17.8 Å². The lowest BCUT2D eigenvalue weighted by Gasteiger charge is -2.14. The fraction of sp³-hybridized carbons (Fsp3) is 0.286. The van der Waals surface area contributed by atoms with Gasteiger partial charge in [0.25, 0.3) is 0 Å². The molecular formula is C21H21ClFN5O. The molecule has 8 heteroatoms. The van der Waals surface area contributed by atoms with Gasteiger partial charge in [-0.1, -0.05) is 11.6 Å². The molecule has 0 radical (unpaired) electrons. The average molecular weight is 414 g/mol. The van der Waals surface area contributed by atoms with Crippen LogP contribution in [0.5, 0.6) is 0 Å². The molecule has 1 aromatic carbocycles. The van der Waals surface area contributed by atoms with E-state index in [0.717, 1.165) is 0 Å². The zero-order valence-electron chi connectivity index (χ0n) is 16.1. The molecule has 2 aromatic heterocycles. The minimum atomic E-state index is -0.333. The van der Waals surface area contributed by atoms with E-state index in [0.29, 0.717) is 33.8 Å². The van der Waals surface area contributed by atoms with Gasteiger partial charge in [0.2, 0.25) is 5.91 Å². The molecule has 1 amide bonds. The fourth-order valence-electron chi connectivity index (χ4n) is 3.30. The Labute approximate surface area is 173 Å². The predicted octanol–water partition coefficient (Wildman–Crippen LogP) is 4.79. The van der Waals surface area contributed by atoms with Crippen molar-refractivity contribution in [2.75, 3.05) is 5.32 Å². The van der Waals surface area contributed by atoms with Gasteiger partial charge in [0.05, 0.1) is 23.6 Å². The minimum Gasteiger partial charge on any atom is -0.307 e. The molecule has 0 aliphatic heterocycles. The van der Waals surface area contributed by atoms with Crippen molar-refractivity contribution < 1.29 is 9.18 Å². The number of carbonyl (C=O) groups excluding carboxylic acids is 1. The molecule has 1 fully saturated rings.